The number of H-pyrrole nitrogens is 1. The Morgan fingerprint density at radius 3 is 2.85 bits per heavy atom. The SMILES string of the molecule is OC(COc1cccc2[nH]ccc12)CN1CCc2ccc(Cl)c(Cl)c2CC1. The molecule has 0 amide bonds. The number of hydrogen-bond donors (Lipinski definition) is 2. The van der Waals surface area contributed by atoms with Crippen molar-refractivity contribution >= 4 is 34.1 Å². The molecule has 1 aliphatic rings. The van der Waals surface area contributed by atoms with E-state index in [1.54, 1.807) is 0 Å². The third kappa shape index (κ3) is 4.09. The maximum absolute atomic E-state index is 10.5. The first-order valence-corrected chi connectivity index (χ1v) is 9.92. The van der Waals surface area contributed by atoms with Gasteiger partial charge in [0.1, 0.15) is 18.5 Å². The predicted molar refractivity (Wildman–Crippen MR) is 110 cm³/mol. The number of aliphatic hydroxyl groups is 1. The van der Waals surface area contributed by atoms with E-state index in [0.29, 0.717) is 16.6 Å². The summed E-state index contributed by atoms with van der Waals surface area (Å²) < 4.78 is 5.87. The summed E-state index contributed by atoms with van der Waals surface area (Å²) >= 11 is 12.5. The third-order valence-corrected chi connectivity index (χ3v) is 5.97. The van der Waals surface area contributed by atoms with Crippen molar-refractivity contribution in [3.8, 4) is 5.75 Å². The van der Waals surface area contributed by atoms with Crippen LogP contribution in [0.3, 0.4) is 0 Å². The normalized spacial score (nSPS) is 16.1. The van der Waals surface area contributed by atoms with Crippen LogP contribution in [0, 0.1) is 0 Å². The molecule has 2 heterocycles. The number of aromatic nitrogens is 1. The van der Waals surface area contributed by atoms with Crippen LogP contribution >= 0.6 is 23.2 Å². The van der Waals surface area contributed by atoms with E-state index in [0.717, 1.165) is 48.1 Å². The van der Waals surface area contributed by atoms with Crippen molar-refractivity contribution < 1.29 is 9.84 Å². The number of nitrogens with one attached hydrogen (secondary N) is 1. The molecule has 2 N–H and O–H groups in total. The Morgan fingerprint density at radius 2 is 1.96 bits per heavy atom. The number of halogens is 2. The summed E-state index contributed by atoms with van der Waals surface area (Å²) in [5.41, 5.74) is 3.41. The van der Waals surface area contributed by atoms with Gasteiger partial charge in [0.05, 0.1) is 10.0 Å². The number of aliphatic hydroxyl groups excluding tert-OH is 1. The number of nitrogens with zero attached hydrogens (tertiary/aromatic N) is 1. The van der Waals surface area contributed by atoms with Gasteiger partial charge in [-0.25, -0.2) is 0 Å². The first kappa shape index (κ1) is 18.6. The highest BCUT2D eigenvalue weighted by Gasteiger charge is 2.20. The van der Waals surface area contributed by atoms with Gasteiger partial charge in [-0.05, 0) is 48.2 Å². The van der Waals surface area contributed by atoms with Gasteiger partial charge in [-0.15, -0.1) is 0 Å². The number of benzene rings is 2. The van der Waals surface area contributed by atoms with Crippen LogP contribution in [0.2, 0.25) is 10.0 Å². The third-order valence-electron chi connectivity index (χ3n) is 5.12. The summed E-state index contributed by atoms with van der Waals surface area (Å²) in [6, 6.07) is 11.8. The summed E-state index contributed by atoms with van der Waals surface area (Å²) in [6.45, 7) is 2.57. The molecular weight excluding hydrogens is 383 g/mol. The molecule has 1 aromatic heterocycles. The fourth-order valence-corrected chi connectivity index (χ4v) is 4.16. The topological polar surface area (TPSA) is 48.5 Å². The molecule has 4 nitrogen and oxygen atoms in total. The Labute approximate surface area is 168 Å². The Hall–Kier alpha value is -1.72. The van der Waals surface area contributed by atoms with E-state index in [9.17, 15) is 5.11 Å². The number of ether oxygens (including phenoxy) is 1. The second-order valence-corrected chi connectivity index (χ2v) is 7.74. The molecule has 6 heteroatoms. The zero-order valence-electron chi connectivity index (χ0n) is 14.9. The van der Waals surface area contributed by atoms with Crippen molar-refractivity contribution in [2.75, 3.05) is 26.2 Å². The number of fused-ring (bicyclic) bond motifs is 2. The van der Waals surface area contributed by atoms with Crippen molar-refractivity contribution in [1.29, 1.82) is 0 Å². The van der Waals surface area contributed by atoms with Gasteiger partial charge in [0.15, 0.2) is 0 Å². The lowest BCUT2D eigenvalue weighted by Crippen LogP contribution is -2.37. The molecule has 4 rings (SSSR count). The van der Waals surface area contributed by atoms with E-state index >= 15 is 0 Å². The van der Waals surface area contributed by atoms with Gasteiger partial charge >= 0.3 is 0 Å². The molecule has 1 aliphatic heterocycles. The minimum absolute atomic E-state index is 0.264. The summed E-state index contributed by atoms with van der Waals surface area (Å²) in [7, 11) is 0. The number of β-amino-alcohol motifs (C(OH)–C–C–N with tert-alkyl or cyclic N) is 1. The van der Waals surface area contributed by atoms with Crippen LogP contribution < -0.4 is 4.74 Å². The smallest absolute Gasteiger partial charge is 0.128 e. The molecule has 0 aliphatic carbocycles. The van der Waals surface area contributed by atoms with Crippen molar-refractivity contribution in [2.45, 2.75) is 18.9 Å². The lowest BCUT2D eigenvalue weighted by atomic mass is 10.0. The van der Waals surface area contributed by atoms with Crippen LogP contribution in [0.25, 0.3) is 10.9 Å². The highest BCUT2D eigenvalue weighted by Crippen LogP contribution is 2.31. The van der Waals surface area contributed by atoms with Crippen LogP contribution in [0.4, 0.5) is 0 Å². The zero-order valence-corrected chi connectivity index (χ0v) is 16.4. The van der Waals surface area contributed by atoms with Gasteiger partial charge in [-0.2, -0.15) is 0 Å². The highest BCUT2D eigenvalue weighted by atomic mass is 35.5. The first-order valence-electron chi connectivity index (χ1n) is 9.17. The van der Waals surface area contributed by atoms with E-state index in [4.69, 9.17) is 27.9 Å². The van der Waals surface area contributed by atoms with E-state index in [1.165, 1.54) is 5.56 Å². The van der Waals surface area contributed by atoms with Gasteiger partial charge in [0.25, 0.3) is 0 Å². The molecule has 0 saturated heterocycles. The summed E-state index contributed by atoms with van der Waals surface area (Å²) in [5, 5.41) is 12.8. The van der Waals surface area contributed by atoms with Crippen LogP contribution in [0.1, 0.15) is 11.1 Å². The number of hydrogen-bond acceptors (Lipinski definition) is 3. The Bertz CT molecular complexity index is 941. The molecule has 0 saturated carbocycles. The average Bonchev–Trinajstić information content (AvgIpc) is 3.06. The monoisotopic (exact) mass is 404 g/mol. The minimum atomic E-state index is -0.556. The van der Waals surface area contributed by atoms with Crippen molar-refractivity contribution in [2.24, 2.45) is 0 Å². The number of aromatic amines is 1. The standard InChI is InChI=1S/C21H22Cl2N2O2/c22-18-5-4-14-7-10-25(11-8-16(14)21(18)23)12-15(26)13-27-20-3-1-2-19-17(20)6-9-24-19/h1-6,9,15,24,26H,7-8,10-13H2. The molecule has 2 aromatic carbocycles. The molecule has 1 atom stereocenters. The maximum atomic E-state index is 10.5. The molecule has 3 aromatic rings. The second kappa shape index (κ2) is 8.11. The van der Waals surface area contributed by atoms with E-state index in [1.807, 2.05) is 36.5 Å². The Morgan fingerprint density at radius 1 is 1.11 bits per heavy atom. The molecule has 0 fully saturated rings. The van der Waals surface area contributed by atoms with Crippen molar-refractivity contribution in [3.63, 3.8) is 0 Å². The molecular formula is C21H22Cl2N2O2. The maximum Gasteiger partial charge on any atom is 0.128 e. The van der Waals surface area contributed by atoms with Crippen LogP contribution in [0.15, 0.2) is 42.6 Å². The van der Waals surface area contributed by atoms with Crippen molar-refractivity contribution in [1.82, 2.24) is 9.88 Å². The predicted octanol–water partition coefficient (Wildman–Crippen LogP) is 4.32. The first-order chi connectivity index (χ1) is 13.1. The van der Waals surface area contributed by atoms with Crippen molar-refractivity contribution in [3.05, 3.63) is 63.8 Å². The average molecular weight is 405 g/mol. The Balaban J connectivity index is 1.34. The fourth-order valence-electron chi connectivity index (χ4n) is 3.70. The zero-order chi connectivity index (χ0) is 18.8. The van der Waals surface area contributed by atoms with Gasteiger partial charge in [-0.3, -0.25) is 4.90 Å². The lowest BCUT2D eigenvalue weighted by molar-refractivity contribution is 0.0702. The van der Waals surface area contributed by atoms with Gasteiger partial charge < -0.3 is 14.8 Å². The van der Waals surface area contributed by atoms with E-state index in [-0.39, 0.29) is 6.61 Å². The summed E-state index contributed by atoms with van der Waals surface area (Å²) in [5.74, 6) is 0.789. The molecule has 142 valence electrons. The molecule has 0 spiro atoms. The molecule has 0 radical (unpaired) electrons. The van der Waals surface area contributed by atoms with Crippen LogP contribution in [0.5, 0.6) is 5.75 Å². The van der Waals surface area contributed by atoms with Gasteiger partial charge in [-0.1, -0.05) is 35.3 Å². The summed E-state index contributed by atoms with van der Waals surface area (Å²) in [6.07, 6.45) is 3.08. The Kier molecular flexibility index (Phi) is 5.60. The summed E-state index contributed by atoms with van der Waals surface area (Å²) in [4.78, 5) is 5.43. The van der Waals surface area contributed by atoms with E-state index in [2.05, 4.69) is 16.0 Å². The van der Waals surface area contributed by atoms with Gasteiger partial charge in [0, 0.05) is 36.7 Å². The van der Waals surface area contributed by atoms with Gasteiger partial charge in [0.2, 0.25) is 0 Å². The highest BCUT2D eigenvalue weighted by molar-refractivity contribution is 6.42. The largest absolute Gasteiger partial charge is 0.490 e. The lowest BCUT2D eigenvalue weighted by Gasteiger charge is -2.23. The van der Waals surface area contributed by atoms with Crippen LogP contribution in [-0.4, -0.2) is 47.3 Å². The fraction of sp³-hybridized carbons (Fsp3) is 0.333. The van der Waals surface area contributed by atoms with E-state index < -0.39 is 6.10 Å². The quantitative estimate of drug-likeness (QED) is 0.665. The molecule has 27 heavy (non-hydrogen) atoms. The molecule has 0 bridgehead atoms. The molecule has 1 unspecified atom stereocenters. The minimum Gasteiger partial charge on any atom is -0.490 e. The van der Waals surface area contributed by atoms with Crippen LogP contribution in [-0.2, 0) is 12.8 Å². The number of rotatable bonds is 5. The second-order valence-electron chi connectivity index (χ2n) is 6.96.